The van der Waals surface area contributed by atoms with Crippen molar-refractivity contribution in [3.63, 3.8) is 0 Å². The number of anilines is 1. The van der Waals surface area contributed by atoms with E-state index in [2.05, 4.69) is 21.9 Å². The van der Waals surface area contributed by atoms with E-state index in [4.69, 9.17) is 5.73 Å². The van der Waals surface area contributed by atoms with E-state index < -0.39 is 0 Å². The van der Waals surface area contributed by atoms with Crippen molar-refractivity contribution in [1.82, 2.24) is 9.97 Å². The fourth-order valence-electron chi connectivity index (χ4n) is 2.49. The monoisotopic (exact) mass is 234 g/mol. The molecule has 2 rings (SSSR count). The molecule has 4 heteroatoms. The molecule has 1 fully saturated rings. The van der Waals surface area contributed by atoms with Gasteiger partial charge in [-0.1, -0.05) is 19.3 Å². The van der Waals surface area contributed by atoms with Crippen molar-refractivity contribution in [2.45, 2.75) is 38.6 Å². The highest BCUT2D eigenvalue weighted by atomic mass is 15.2. The Labute approximate surface area is 103 Å². The highest BCUT2D eigenvalue weighted by Crippen LogP contribution is 2.24. The van der Waals surface area contributed by atoms with E-state index >= 15 is 0 Å². The van der Waals surface area contributed by atoms with Gasteiger partial charge in [0.15, 0.2) is 0 Å². The Balaban J connectivity index is 1.91. The third-order valence-corrected chi connectivity index (χ3v) is 3.53. The summed E-state index contributed by atoms with van der Waals surface area (Å²) in [5.74, 6) is 1.62. The molecule has 94 valence electrons. The van der Waals surface area contributed by atoms with E-state index in [9.17, 15) is 0 Å². The molecule has 2 N–H and O–H groups in total. The van der Waals surface area contributed by atoms with Crippen LogP contribution in [0.25, 0.3) is 0 Å². The van der Waals surface area contributed by atoms with E-state index in [1.807, 2.05) is 12.4 Å². The van der Waals surface area contributed by atoms with Gasteiger partial charge in [0.2, 0.25) is 5.95 Å². The van der Waals surface area contributed by atoms with E-state index in [0.717, 1.165) is 24.0 Å². The van der Waals surface area contributed by atoms with Crippen LogP contribution in [0.2, 0.25) is 0 Å². The second kappa shape index (κ2) is 5.96. The van der Waals surface area contributed by atoms with Crippen LogP contribution >= 0.6 is 0 Å². The molecule has 1 aliphatic carbocycles. The first-order valence-corrected chi connectivity index (χ1v) is 6.51. The standard InChI is InChI=1S/C13H22N4/c1-17(10-11-5-3-2-4-6-11)13-15-8-12(7-14)9-16-13/h8-9,11H,2-7,10,14H2,1H3. The Morgan fingerprint density at radius 3 is 2.47 bits per heavy atom. The molecule has 0 amide bonds. The Bertz CT molecular complexity index is 330. The van der Waals surface area contributed by atoms with Gasteiger partial charge in [0.05, 0.1) is 0 Å². The van der Waals surface area contributed by atoms with Gasteiger partial charge in [-0.3, -0.25) is 0 Å². The molecule has 0 saturated heterocycles. The van der Waals surface area contributed by atoms with Gasteiger partial charge in [0.1, 0.15) is 0 Å². The molecule has 4 nitrogen and oxygen atoms in total. The fourth-order valence-corrected chi connectivity index (χ4v) is 2.49. The predicted octanol–water partition coefficient (Wildman–Crippen LogP) is 1.95. The van der Waals surface area contributed by atoms with Crippen molar-refractivity contribution in [1.29, 1.82) is 0 Å². The summed E-state index contributed by atoms with van der Waals surface area (Å²) in [7, 11) is 2.08. The maximum Gasteiger partial charge on any atom is 0.225 e. The molecular formula is C13H22N4. The van der Waals surface area contributed by atoms with Crippen molar-refractivity contribution < 1.29 is 0 Å². The van der Waals surface area contributed by atoms with Gasteiger partial charge in [-0.15, -0.1) is 0 Å². The Morgan fingerprint density at radius 2 is 1.88 bits per heavy atom. The molecule has 1 aromatic rings. The number of hydrogen-bond donors (Lipinski definition) is 1. The summed E-state index contributed by atoms with van der Waals surface area (Å²) < 4.78 is 0. The zero-order valence-electron chi connectivity index (χ0n) is 10.6. The molecule has 0 radical (unpaired) electrons. The summed E-state index contributed by atoms with van der Waals surface area (Å²) in [6.07, 6.45) is 10.5. The van der Waals surface area contributed by atoms with Crippen molar-refractivity contribution >= 4 is 5.95 Å². The zero-order valence-corrected chi connectivity index (χ0v) is 10.6. The van der Waals surface area contributed by atoms with Crippen molar-refractivity contribution in [3.05, 3.63) is 18.0 Å². The van der Waals surface area contributed by atoms with Crippen molar-refractivity contribution in [3.8, 4) is 0 Å². The first-order valence-electron chi connectivity index (χ1n) is 6.51. The van der Waals surface area contributed by atoms with Gasteiger partial charge in [-0.25, -0.2) is 9.97 Å². The third-order valence-electron chi connectivity index (χ3n) is 3.53. The van der Waals surface area contributed by atoms with Crippen molar-refractivity contribution in [2.24, 2.45) is 11.7 Å². The third kappa shape index (κ3) is 3.40. The molecule has 1 heterocycles. The number of nitrogens with zero attached hydrogens (tertiary/aromatic N) is 3. The zero-order chi connectivity index (χ0) is 12.1. The lowest BCUT2D eigenvalue weighted by Gasteiger charge is -2.26. The van der Waals surface area contributed by atoms with Crippen LogP contribution in [0.1, 0.15) is 37.7 Å². The summed E-state index contributed by atoms with van der Waals surface area (Å²) in [6.45, 7) is 1.58. The Morgan fingerprint density at radius 1 is 1.24 bits per heavy atom. The van der Waals surface area contributed by atoms with E-state index in [1.165, 1.54) is 32.1 Å². The molecule has 1 aliphatic rings. The highest BCUT2D eigenvalue weighted by Gasteiger charge is 2.16. The minimum absolute atomic E-state index is 0.507. The van der Waals surface area contributed by atoms with Crippen LogP contribution in [-0.2, 0) is 6.54 Å². The van der Waals surface area contributed by atoms with Gasteiger partial charge in [-0.2, -0.15) is 0 Å². The van der Waals surface area contributed by atoms with Crippen LogP contribution in [0.5, 0.6) is 0 Å². The second-order valence-electron chi connectivity index (χ2n) is 4.98. The lowest BCUT2D eigenvalue weighted by molar-refractivity contribution is 0.361. The van der Waals surface area contributed by atoms with Crippen LogP contribution in [0.4, 0.5) is 5.95 Å². The van der Waals surface area contributed by atoms with Gasteiger partial charge in [0.25, 0.3) is 0 Å². The largest absolute Gasteiger partial charge is 0.344 e. The minimum atomic E-state index is 0.507. The van der Waals surface area contributed by atoms with E-state index in [0.29, 0.717) is 6.54 Å². The topological polar surface area (TPSA) is 55.0 Å². The summed E-state index contributed by atoms with van der Waals surface area (Å²) in [4.78, 5) is 10.9. The molecule has 0 unspecified atom stereocenters. The summed E-state index contributed by atoms with van der Waals surface area (Å²) in [5.41, 5.74) is 6.52. The number of aromatic nitrogens is 2. The van der Waals surface area contributed by atoms with Gasteiger partial charge in [-0.05, 0) is 18.8 Å². The molecular weight excluding hydrogens is 212 g/mol. The van der Waals surface area contributed by atoms with Crippen LogP contribution < -0.4 is 10.6 Å². The second-order valence-corrected chi connectivity index (χ2v) is 4.98. The maximum atomic E-state index is 5.53. The van der Waals surface area contributed by atoms with Crippen LogP contribution in [0.3, 0.4) is 0 Å². The average molecular weight is 234 g/mol. The maximum absolute atomic E-state index is 5.53. The van der Waals surface area contributed by atoms with Crippen LogP contribution in [0.15, 0.2) is 12.4 Å². The number of nitrogens with two attached hydrogens (primary N) is 1. The first kappa shape index (κ1) is 12.3. The molecule has 17 heavy (non-hydrogen) atoms. The Kier molecular flexibility index (Phi) is 4.31. The summed E-state index contributed by atoms with van der Waals surface area (Å²) >= 11 is 0. The SMILES string of the molecule is CN(CC1CCCCC1)c1ncc(CN)cn1. The number of hydrogen-bond acceptors (Lipinski definition) is 4. The normalized spacial score (nSPS) is 17.1. The fraction of sp³-hybridized carbons (Fsp3) is 0.692. The van der Waals surface area contributed by atoms with E-state index in [1.54, 1.807) is 0 Å². The quantitative estimate of drug-likeness (QED) is 0.865. The Hall–Kier alpha value is -1.16. The molecule has 0 spiro atoms. The average Bonchev–Trinajstić information content (AvgIpc) is 2.40. The lowest BCUT2D eigenvalue weighted by atomic mass is 9.89. The molecule has 1 saturated carbocycles. The highest BCUT2D eigenvalue weighted by molar-refractivity contribution is 5.28. The van der Waals surface area contributed by atoms with Gasteiger partial charge in [0, 0.05) is 38.1 Å². The summed E-state index contributed by atoms with van der Waals surface area (Å²) in [6, 6.07) is 0. The molecule has 0 aromatic carbocycles. The summed E-state index contributed by atoms with van der Waals surface area (Å²) in [5, 5.41) is 0. The molecule has 0 atom stereocenters. The van der Waals surface area contributed by atoms with Crippen LogP contribution in [0, 0.1) is 5.92 Å². The molecule has 0 aliphatic heterocycles. The van der Waals surface area contributed by atoms with Gasteiger partial charge >= 0.3 is 0 Å². The molecule has 0 bridgehead atoms. The minimum Gasteiger partial charge on any atom is -0.344 e. The van der Waals surface area contributed by atoms with E-state index in [-0.39, 0.29) is 0 Å². The first-order chi connectivity index (χ1) is 8.29. The lowest BCUT2D eigenvalue weighted by Crippen LogP contribution is -2.28. The van der Waals surface area contributed by atoms with Crippen molar-refractivity contribution in [2.75, 3.05) is 18.5 Å². The van der Waals surface area contributed by atoms with Crippen LogP contribution in [-0.4, -0.2) is 23.6 Å². The smallest absolute Gasteiger partial charge is 0.225 e. The van der Waals surface area contributed by atoms with Gasteiger partial charge < -0.3 is 10.6 Å². The number of rotatable bonds is 4. The molecule has 1 aromatic heterocycles. The predicted molar refractivity (Wildman–Crippen MR) is 69.8 cm³/mol.